The van der Waals surface area contributed by atoms with Crippen LogP contribution in [0, 0.1) is 0 Å². The fourth-order valence-corrected chi connectivity index (χ4v) is 0.996. The van der Waals surface area contributed by atoms with E-state index in [4.69, 9.17) is 0 Å². The lowest BCUT2D eigenvalue weighted by molar-refractivity contribution is 1.33. The lowest BCUT2D eigenvalue weighted by atomic mass is 10.3. The Bertz CT molecular complexity index is 247. The lowest BCUT2D eigenvalue weighted by Crippen LogP contribution is -1.72. The highest BCUT2D eigenvalue weighted by atomic mass is 14.8. The molecule has 0 bridgehead atoms. The molecule has 0 aromatic carbocycles. The summed E-state index contributed by atoms with van der Waals surface area (Å²) in [7, 11) is 0. The second-order valence-corrected chi connectivity index (χ2v) is 2.17. The van der Waals surface area contributed by atoms with Crippen molar-refractivity contribution in [2.45, 2.75) is 13.8 Å². The van der Waals surface area contributed by atoms with Crippen LogP contribution in [0.5, 0.6) is 0 Å². The zero-order valence-corrected chi connectivity index (χ0v) is 7.46. The van der Waals surface area contributed by atoms with Crippen LogP contribution in [0.1, 0.15) is 13.8 Å². The molecule has 2 aromatic rings. The number of hydrogen-bond acceptors (Lipinski definition) is 0. The van der Waals surface area contributed by atoms with Crippen molar-refractivity contribution in [3.8, 4) is 11.4 Å². The number of hydrogen-bond donors (Lipinski definition) is 2. The highest BCUT2D eigenvalue weighted by Gasteiger charge is 1.94. The summed E-state index contributed by atoms with van der Waals surface area (Å²) in [5, 5.41) is 0. The average Bonchev–Trinajstić information content (AvgIpc) is 2.80. The highest BCUT2D eigenvalue weighted by molar-refractivity contribution is 5.53. The first-order valence-corrected chi connectivity index (χ1v) is 4.24. The van der Waals surface area contributed by atoms with Gasteiger partial charge in [0, 0.05) is 12.4 Å². The van der Waals surface area contributed by atoms with Crippen molar-refractivity contribution < 1.29 is 0 Å². The molecule has 0 spiro atoms. The standard InChI is InChI=1S/C8H8N2.C2H6/c1-3-7(9-5-1)8-4-2-6-10-8;1-2/h1-6,9-10H;1-2H3. The summed E-state index contributed by atoms with van der Waals surface area (Å²) in [6.45, 7) is 4.00. The molecule has 2 aromatic heterocycles. The van der Waals surface area contributed by atoms with Gasteiger partial charge in [-0.1, -0.05) is 13.8 Å². The summed E-state index contributed by atoms with van der Waals surface area (Å²) >= 11 is 0. The average molecular weight is 162 g/mol. The fourth-order valence-electron chi connectivity index (χ4n) is 0.996. The Kier molecular flexibility index (Phi) is 3.20. The zero-order chi connectivity index (χ0) is 8.81. The number of rotatable bonds is 1. The molecule has 0 unspecified atom stereocenters. The monoisotopic (exact) mass is 162 g/mol. The molecular formula is C10H14N2. The highest BCUT2D eigenvalue weighted by Crippen LogP contribution is 2.12. The number of aromatic nitrogens is 2. The summed E-state index contributed by atoms with van der Waals surface area (Å²) in [4.78, 5) is 6.22. The van der Waals surface area contributed by atoms with E-state index in [1.807, 2.05) is 50.5 Å². The fraction of sp³-hybridized carbons (Fsp3) is 0.200. The Labute approximate surface area is 72.6 Å². The molecule has 0 amide bonds. The van der Waals surface area contributed by atoms with Crippen LogP contribution >= 0.6 is 0 Å². The predicted octanol–water partition coefficient (Wildman–Crippen LogP) is 3.04. The molecule has 0 atom stereocenters. The van der Waals surface area contributed by atoms with Gasteiger partial charge in [-0.2, -0.15) is 0 Å². The minimum absolute atomic E-state index is 1.13. The number of H-pyrrole nitrogens is 2. The van der Waals surface area contributed by atoms with Gasteiger partial charge in [-0.25, -0.2) is 0 Å². The maximum Gasteiger partial charge on any atom is 0.0619 e. The van der Waals surface area contributed by atoms with Crippen LogP contribution in [0.15, 0.2) is 36.7 Å². The third kappa shape index (κ3) is 1.78. The normalized spacial score (nSPS) is 8.83. The summed E-state index contributed by atoms with van der Waals surface area (Å²) in [6, 6.07) is 8.03. The Morgan fingerprint density at radius 3 is 1.50 bits per heavy atom. The van der Waals surface area contributed by atoms with E-state index in [9.17, 15) is 0 Å². The smallest absolute Gasteiger partial charge is 0.0619 e. The van der Waals surface area contributed by atoms with Gasteiger partial charge in [-0.3, -0.25) is 0 Å². The van der Waals surface area contributed by atoms with Gasteiger partial charge in [0.2, 0.25) is 0 Å². The third-order valence-corrected chi connectivity index (χ3v) is 1.49. The van der Waals surface area contributed by atoms with Crippen molar-refractivity contribution in [3.63, 3.8) is 0 Å². The molecule has 2 N–H and O–H groups in total. The Morgan fingerprint density at radius 1 is 0.833 bits per heavy atom. The van der Waals surface area contributed by atoms with E-state index in [-0.39, 0.29) is 0 Å². The van der Waals surface area contributed by atoms with E-state index in [0.29, 0.717) is 0 Å². The molecule has 0 fully saturated rings. The van der Waals surface area contributed by atoms with Gasteiger partial charge >= 0.3 is 0 Å². The summed E-state index contributed by atoms with van der Waals surface area (Å²) in [5.74, 6) is 0. The Balaban J connectivity index is 0.000000336. The molecule has 0 aliphatic carbocycles. The van der Waals surface area contributed by atoms with E-state index in [0.717, 1.165) is 11.4 Å². The van der Waals surface area contributed by atoms with Crippen LogP contribution in [0.2, 0.25) is 0 Å². The van der Waals surface area contributed by atoms with Gasteiger partial charge in [-0.15, -0.1) is 0 Å². The van der Waals surface area contributed by atoms with Gasteiger partial charge in [0.15, 0.2) is 0 Å². The molecule has 2 rings (SSSR count). The van der Waals surface area contributed by atoms with Crippen molar-refractivity contribution >= 4 is 0 Å². The molecule has 0 aliphatic rings. The zero-order valence-electron chi connectivity index (χ0n) is 7.46. The molecule has 0 saturated carbocycles. The van der Waals surface area contributed by atoms with Crippen LogP contribution in [0.4, 0.5) is 0 Å². The van der Waals surface area contributed by atoms with E-state index in [1.54, 1.807) is 0 Å². The quantitative estimate of drug-likeness (QED) is 0.646. The van der Waals surface area contributed by atoms with Crippen molar-refractivity contribution in [2.24, 2.45) is 0 Å². The molecule has 0 aliphatic heterocycles. The minimum Gasteiger partial charge on any atom is -0.360 e. The molecule has 64 valence electrons. The van der Waals surface area contributed by atoms with E-state index in [1.165, 1.54) is 0 Å². The molecule has 2 heteroatoms. The molecule has 0 saturated heterocycles. The predicted molar refractivity (Wildman–Crippen MR) is 51.9 cm³/mol. The van der Waals surface area contributed by atoms with Crippen molar-refractivity contribution in [1.29, 1.82) is 0 Å². The largest absolute Gasteiger partial charge is 0.360 e. The summed E-state index contributed by atoms with van der Waals surface area (Å²) in [6.07, 6.45) is 3.83. The van der Waals surface area contributed by atoms with Gasteiger partial charge in [-0.05, 0) is 24.3 Å². The molecular weight excluding hydrogens is 148 g/mol. The molecule has 2 nitrogen and oxygen atoms in total. The van der Waals surface area contributed by atoms with Crippen LogP contribution in [0.3, 0.4) is 0 Å². The third-order valence-electron chi connectivity index (χ3n) is 1.49. The topological polar surface area (TPSA) is 31.6 Å². The first kappa shape index (κ1) is 8.65. The molecule has 2 heterocycles. The van der Waals surface area contributed by atoms with Crippen molar-refractivity contribution in [1.82, 2.24) is 9.97 Å². The molecule has 12 heavy (non-hydrogen) atoms. The van der Waals surface area contributed by atoms with E-state index in [2.05, 4.69) is 9.97 Å². The SMILES string of the molecule is CC.c1c[nH]c(-c2ccc[nH]2)c1. The Morgan fingerprint density at radius 2 is 1.25 bits per heavy atom. The maximum atomic E-state index is 3.11. The second kappa shape index (κ2) is 4.44. The van der Waals surface area contributed by atoms with Gasteiger partial charge < -0.3 is 9.97 Å². The van der Waals surface area contributed by atoms with Crippen molar-refractivity contribution in [3.05, 3.63) is 36.7 Å². The van der Waals surface area contributed by atoms with E-state index >= 15 is 0 Å². The molecule has 0 radical (unpaired) electrons. The van der Waals surface area contributed by atoms with Gasteiger partial charge in [0.25, 0.3) is 0 Å². The van der Waals surface area contributed by atoms with E-state index < -0.39 is 0 Å². The lowest BCUT2D eigenvalue weighted by Gasteiger charge is -1.88. The second-order valence-electron chi connectivity index (χ2n) is 2.17. The summed E-state index contributed by atoms with van der Waals surface area (Å²) < 4.78 is 0. The van der Waals surface area contributed by atoms with Crippen LogP contribution < -0.4 is 0 Å². The Hall–Kier alpha value is -1.44. The van der Waals surface area contributed by atoms with Crippen LogP contribution in [-0.4, -0.2) is 9.97 Å². The first-order chi connectivity index (χ1) is 5.97. The first-order valence-electron chi connectivity index (χ1n) is 4.24. The number of aromatic amines is 2. The summed E-state index contributed by atoms with van der Waals surface area (Å²) in [5.41, 5.74) is 2.26. The van der Waals surface area contributed by atoms with Crippen LogP contribution in [-0.2, 0) is 0 Å². The van der Waals surface area contributed by atoms with Crippen LogP contribution in [0.25, 0.3) is 11.4 Å². The minimum atomic E-state index is 1.13. The van der Waals surface area contributed by atoms with Crippen molar-refractivity contribution in [2.75, 3.05) is 0 Å². The van der Waals surface area contributed by atoms with Gasteiger partial charge in [0.05, 0.1) is 11.4 Å². The maximum absolute atomic E-state index is 3.11. The number of nitrogens with one attached hydrogen (secondary N) is 2. The van der Waals surface area contributed by atoms with Gasteiger partial charge in [0.1, 0.15) is 0 Å².